The van der Waals surface area contributed by atoms with Crippen molar-refractivity contribution < 1.29 is 23.9 Å². The molecule has 0 aliphatic carbocycles. The number of hydrogen-bond acceptors (Lipinski definition) is 5. The highest BCUT2D eigenvalue weighted by molar-refractivity contribution is 14.1. The molecular formula is C13H12INO5. The second-order valence-corrected chi connectivity index (χ2v) is 5.12. The second kappa shape index (κ2) is 6.71. The third kappa shape index (κ3) is 3.70. The van der Waals surface area contributed by atoms with Gasteiger partial charge < -0.3 is 19.1 Å². The van der Waals surface area contributed by atoms with Crippen molar-refractivity contribution in [3.05, 3.63) is 44.9 Å². The Morgan fingerprint density at radius 1 is 1.40 bits per heavy atom. The number of carboxylic acid groups (broad SMARTS) is 1. The van der Waals surface area contributed by atoms with E-state index < -0.39 is 5.97 Å². The lowest BCUT2D eigenvalue weighted by Crippen LogP contribution is -2.01. The van der Waals surface area contributed by atoms with Gasteiger partial charge in [-0.1, -0.05) is 5.16 Å². The quantitative estimate of drug-likeness (QED) is 0.766. The van der Waals surface area contributed by atoms with Crippen molar-refractivity contribution in [3.8, 4) is 5.75 Å². The summed E-state index contributed by atoms with van der Waals surface area (Å²) in [6.07, 6.45) is 0. The minimum Gasteiger partial charge on any atom is -0.486 e. The topological polar surface area (TPSA) is 81.8 Å². The number of rotatable bonds is 6. The fourth-order valence-corrected chi connectivity index (χ4v) is 2.02. The monoisotopic (exact) mass is 389 g/mol. The largest absolute Gasteiger partial charge is 0.486 e. The molecule has 0 fully saturated rings. The molecule has 1 heterocycles. The van der Waals surface area contributed by atoms with Gasteiger partial charge in [-0.15, -0.1) is 0 Å². The van der Waals surface area contributed by atoms with E-state index in [9.17, 15) is 4.79 Å². The predicted molar refractivity (Wildman–Crippen MR) is 77.7 cm³/mol. The molecule has 20 heavy (non-hydrogen) atoms. The minimum absolute atomic E-state index is 0.181. The summed E-state index contributed by atoms with van der Waals surface area (Å²) in [5.41, 5.74) is 0.800. The van der Waals surface area contributed by atoms with E-state index in [1.165, 1.54) is 12.1 Å². The van der Waals surface area contributed by atoms with E-state index in [2.05, 4.69) is 27.7 Å². The molecule has 0 aliphatic rings. The summed E-state index contributed by atoms with van der Waals surface area (Å²) in [5.74, 6) is 0.122. The average molecular weight is 389 g/mol. The Kier molecular flexibility index (Phi) is 4.96. The van der Waals surface area contributed by atoms with Crippen LogP contribution in [0.2, 0.25) is 0 Å². The number of benzene rings is 1. The summed E-state index contributed by atoms with van der Waals surface area (Å²) in [4.78, 5) is 10.9. The Labute approximate surface area is 128 Å². The summed E-state index contributed by atoms with van der Waals surface area (Å²) >= 11 is 2.08. The van der Waals surface area contributed by atoms with E-state index in [0.717, 1.165) is 3.57 Å². The number of hydrogen-bond donors (Lipinski definition) is 1. The highest BCUT2D eigenvalue weighted by atomic mass is 127. The summed E-state index contributed by atoms with van der Waals surface area (Å²) < 4.78 is 16.4. The van der Waals surface area contributed by atoms with Crippen LogP contribution in [0.1, 0.15) is 21.8 Å². The molecule has 6 nitrogen and oxygen atoms in total. The smallest absolute Gasteiger partial charge is 0.335 e. The molecule has 7 heteroatoms. The standard InChI is InChI=1S/C13H12INO5/c1-18-7-10-5-9(15-20-10)6-19-12-4-8(13(16)17)2-3-11(12)14/h2-5H,6-7H2,1H3,(H,16,17). The van der Waals surface area contributed by atoms with Crippen LogP contribution in [0.4, 0.5) is 0 Å². The molecule has 106 valence electrons. The number of methoxy groups -OCH3 is 1. The van der Waals surface area contributed by atoms with Crippen LogP contribution in [0.5, 0.6) is 5.75 Å². The van der Waals surface area contributed by atoms with Gasteiger partial charge in [-0.25, -0.2) is 4.79 Å². The number of carbonyl (C=O) groups is 1. The maximum absolute atomic E-state index is 10.9. The van der Waals surface area contributed by atoms with Crippen LogP contribution in [-0.4, -0.2) is 23.3 Å². The van der Waals surface area contributed by atoms with Gasteiger partial charge in [-0.2, -0.15) is 0 Å². The number of ether oxygens (including phenoxy) is 2. The van der Waals surface area contributed by atoms with Crippen LogP contribution in [0, 0.1) is 3.57 Å². The highest BCUT2D eigenvalue weighted by Crippen LogP contribution is 2.23. The van der Waals surface area contributed by atoms with E-state index in [1.54, 1.807) is 19.2 Å². The maximum Gasteiger partial charge on any atom is 0.335 e. The van der Waals surface area contributed by atoms with Crippen molar-refractivity contribution in [1.82, 2.24) is 5.16 Å². The summed E-state index contributed by atoms with van der Waals surface area (Å²) in [6.45, 7) is 0.547. The first-order valence-electron chi connectivity index (χ1n) is 5.69. The van der Waals surface area contributed by atoms with Crippen LogP contribution in [0.25, 0.3) is 0 Å². The Bertz CT molecular complexity index is 611. The molecule has 0 atom stereocenters. The van der Waals surface area contributed by atoms with Gasteiger partial charge in [0.15, 0.2) is 5.76 Å². The molecule has 0 radical (unpaired) electrons. The highest BCUT2D eigenvalue weighted by Gasteiger charge is 2.10. The van der Waals surface area contributed by atoms with E-state index in [4.69, 9.17) is 19.1 Å². The molecule has 1 N–H and O–H groups in total. The van der Waals surface area contributed by atoms with Gasteiger partial charge in [0.25, 0.3) is 0 Å². The van der Waals surface area contributed by atoms with Crippen molar-refractivity contribution in [2.75, 3.05) is 7.11 Å². The average Bonchev–Trinajstić information content (AvgIpc) is 2.86. The zero-order chi connectivity index (χ0) is 14.5. The van der Waals surface area contributed by atoms with Crippen molar-refractivity contribution in [3.63, 3.8) is 0 Å². The Morgan fingerprint density at radius 3 is 2.90 bits per heavy atom. The lowest BCUT2D eigenvalue weighted by molar-refractivity contribution is 0.0696. The van der Waals surface area contributed by atoms with Gasteiger partial charge in [0, 0.05) is 13.2 Å². The van der Waals surface area contributed by atoms with Gasteiger partial charge in [-0.3, -0.25) is 0 Å². The summed E-state index contributed by atoms with van der Waals surface area (Å²) in [7, 11) is 1.57. The molecule has 0 saturated carbocycles. The van der Waals surface area contributed by atoms with Gasteiger partial charge in [0.05, 0.1) is 9.13 Å². The lowest BCUT2D eigenvalue weighted by Gasteiger charge is -2.07. The minimum atomic E-state index is -0.991. The molecule has 1 aromatic heterocycles. The molecule has 0 bridgehead atoms. The van der Waals surface area contributed by atoms with E-state index in [0.29, 0.717) is 23.8 Å². The molecule has 0 aliphatic heterocycles. The van der Waals surface area contributed by atoms with Gasteiger partial charge in [0.1, 0.15) is 24.7 Å². The molecule has 1 aromatic carbocycles. The molecule has 0 spiro atoms. The summed E-state index contributed by atoms with van der Waals surface area (Å²) in [6, 6.07) is 6.44. The van der Waals surface area contributed by atoms with Gasteiger partial charge >= 0.3 is 5.97 Å². The van der Waals surface area contributed by atoms with E-state index >= 15 is 0 Å². The molecule has 2 aromatic rings. The molecule has 2 rings (SSSR count). The fourth-order valence-electron chi connectivity index (χ4n) is 1.53. The zero-order valence-corrected chi connectivity index (χ0v) is 12.8. The number of halogens is 1. The SMILES string of the molecule is COCc1cc(COc2cc(C(=O)O)ccc2I)no1. The van der Waals surface area contributed by atoms with Crippen molar-refractivity contribution >= 4 is 28.6 Å². The second-order valence-electron chi connectivity index (χ2n) is 3.96. The normalized spacial score (nSPS) is 10.5. The Morgan fingerprint density at radius 2 is 2.20 bits per heavy atom. The number of aromatic nitrogens is 1. The maximum atomic E-state index is 10.9. The van der Waals surface area contributed by atoms with Crippen LogP contribution in [0.15, 0.2) is 28.8 Å². The van der Waals surface area contributed by atoms with Crippen molar-refractivity contribution in [2.45, 2.75) is 13.2 Å². The predicted octanol–water partition coefficient (Wildman–Crippen LogP) is 2.70. The number of nitrogens with zero attached hydrogens (tertiary/aromatic N) is 1. The zero-order valence-electron chi connectivity index (χ0n) is 10.6. The summed E-state index contributed by atoms with van der Waals surface area (Å²) in [5, 5.41) is 12.8. The Balaban J connectivity index is 2.05. The first kappa shape index (κ1) is 14.8. The number of carboxylic acids is 1. The van der Waals surface area contributed by atoms with Crippen LogP contribution < -0.4 is 4.74 Å². The molecule has 0 amide bonds. The fraction of sp³-hybridized carbons (Fsp3) is 0.231. The van der Waals surface area contributed by atoms with E-state index in [1.807, 2.05) is 0 Å². The van der Waals surface area contributed by atoms with Gasteiger partial charge in [0.2, 0.25) is 0 Å². The third-order valence-electron chi connectivity index (χ3n) is 2.45. The van der Waals surface area contributed by atoms with Crippen LogP contribution in [-0.2, 0) is 18.0 Å². The number of aromatic carboxylic acids is 1. The first-order valence-corrected chi connectivity index (χ1v) is 6.77. The third-order valence-corrected chi connectivity index (χ3v) is 3.34. The molecular weight excluding hydrogens is 377 g/mol. The van der Waals surface area contributed by atoms with E-state index in [-0.39, 0.29) is 12.2 Å². The molecule has 0 saturated heterocycles. The van der Waals surface area contributed by atoms with Crippen LogP contribution in [0.3, 0.4) is 0 Å². The van der Waals surface area contributed by atoms with Gasteiger partial charge in [-0.05, 0) is 40.8 Å². The van der Waals surface area contributed by atoms with Crippen LogP contribution >= 0.6 is 22.6 Å². The first-order chi connectivity index (χ1) is 9.60. The van der Waals surface area contributed by atoms with Crippen molar-refractivity contribution in [2.24, 2.45) is 0 Å². The lowest BCUT2D eigenvalue weighted by atomic mass is 10.2. The molecule has 0 unspecified atom stereocenters. The Hall–Kier alpha value is -1.61. The van der Waals surface area contributed by atoms with Crippen molar-refractivity contribution in [1.29, 1.82) is 0 Å².